The molecule has 9 aromatic carbocycles. The number of rotatable bonds is 21. The van der Waals surface area contributed by atoms with E-state index in [1.807, 2.05) is 130 Å². The number of benzene rings is 9. The Morgan fingerprint density at radius 1 is 0.681 bits per heavy atom. The molecule has 7 nitrogen and oxygen atoms in total. The molecule has 0 aromatic heterocycles. The molecule has 0 radical (unpaired) electrons. The Bertz CT molecular complexity index is 4180. The predicted molar refractivity (Wildman–Crippen MR) is 363 cm³/mol. The number of aryl methyl sites for hydroxylation is 1. The molecule has 3 unspecified atom stereocenters. The summed E-state index contributed by atoms with van der Waals surface area (Å²) in [6, 6.07) is 50.3. The lowest BCUT2D eigenvalue weighted by atomic mass is 9.76. The van der Waals surface area contributed by atoms with Crippen LogP contribution in [0.1, 0.15) is 185 Å². The van der Waals surface area contributed by atoms with Crippen molar-refractivity contribution in [1.29, 1.82) is 0 Å². The minimum absolute atomic E-state index is 0.228. The largest absolute Gasteiger partial charge is 0.497 e. The first-order valence-electron chi connectivity index (χ1n) is 32.9. The van der Waals surface area contributed by atoms with Crippen LogP contribution in [0.2, 0.25) is 0 Å². The van der Waals surface area contributed by atoms with Gasteiger partial charge in [0, 0.05) is 50.5 Å². The second kappa shape index (κ2) is 26.3. The standard InChI is InChI=1S/C81H82F3NO6/c1-8-11-14-18-52-19-16-20-57(48-52)55-26-24-53(25-27-55)54-28-30-56(31-29-54)78(87)85-61-37-43-64(51(4)47-61)68-50-69-74-65-42-36-60(81(82,83)84)49-70(65)79(5,6)76(74)67-44-45-80(58-32-38-62(88-7)39-33-58,59-34-40-63(41-35-59)89-46-13-10-3)91-77(67)75(69)66-21-17-22-71(73(66)68)90-72(86)23-15-12-9-2/h17,21-22,24-45,47,49-50,52,57H,8-16,18-20,23,46,48H2,1-7H3,(H,85,87). The second-order valence-corrected chi connectivity index (χ2v) is 25.9. The summed E-state index contributed by atoms with van der Waals surface area (Å²) in [7, 11) is 1.63. The number of hydrogen-bond acceptors (Lipinski definition) is 6. The quantitative estimate of drug-likeness (QED) is 0.0334. The highest BCUT2D eigenvalue weighted by Gasteiger charge is 2.46. The molecule has 10 heteroatoms. The fraction of sp³-hybridized carbons (Fsp3) is 0.333. The molecule has 3 aliphatic rings. The van der Waals surface area contributed by atoms with Gasteiger partial charge in [-0.1, -0.05) is 183 Å². The van der Waals surface area contributed by atoms with Gasteiger partial charge in [0.1, 0.15) is 23.0 Å². The molecule has 0 spiro atoms. The maximum atomic E-state index is 14.8. The van der Waals surface area contributed by atoms with Crippen molar-refractivity contribution in [3.05, 3.63) is 214 Å². The smallest absolute Gasteiger partial charge is 0.416 e. The third kappa shape index (κ3) is 12.4. The van der Waals surface area contributed by atoms with Crippen LogP contribution in [-0.4, -0.2) is 25.6 Å². The van der Waals surface area contributed by atoms with Crippen molar-refractivity contribution >= 4 is 45.2 Å². The molecule has 1 N–H and O–H groups in total. The van der Waals surface area contributed by atoms with Crippen LogP contribution in [-0.2, 0) is 22.0 Å². The van der Waals surface area contributed by atoms with Gasteiger partial charge in [0.05, 0.1) is 19.3 Å². The predicted octanol–water partition coefficient (Wildman–Crippen LogP) is 22.1. The summed E-state index contributed by atoms with van der Waals surface area (Å²) < 4.78 is 70.6. The van der Waals surface area contributed by atoms with Crippen LogP contribution in [0.3, 0.4) is 0 Å². The number of nitrogens with one attached hydrogen (secondary N) is 1. The van der Waals surface area contributed by atoms with E-state index in [4.69, 9.17) is 18.9 Å². The van der Waals surface area contributed by atoms with Gasteiger partial charge in [-0.15, -0.1) is 0 Å². The zero-order valence-electron chi connectivity index (χ0n) is 53.5. The van der Waals surface area contributed by atoms with E-state index in [9.17, 15) is 22.8 Å². The molecule has 91 heavy (non-hydrogen) atoms. The Morgan fingerprint density at radius 2 is 1.36 bits per heavy atom. The third-order valence-corrected chi connectivity index (χ3v) is 19.5. The van der Waals surface area contributed by atoms with Crippen molar-refractivity contribution in [1.82, 2.24) is 0 Å². The number of esters is 1. The minimum atomic E-state index is -4.58. The average Bonchev–Trinajstić information content (AvgIpc) is 1.59. The molecule has 468 valence electrons. The van der Waals surface area contributed by atoms with Crippen LogP contribution >= 0.6 is 0 Å². The Balaban J connectivity index is 0.971. The number of anilines is 1. The number of carbonyl (C=O) groups is 2. The molecule has 1 amide bonds. The average molecular weight is 1220 g/mol. The van der Waals surface area contributed by atoms with E-state index in [0.29, 0.717) is 74.7 Å². The number of hydrogen-bond donors (Lipinski definition) is 1. The molecule has 3 atom stereocenters. The van der Waals surface area contributed by atoms with Gasteiger partial charge >= 0.3 is 12.1 Å². The summed E-state index contributed by atoms with van der Waals surface area (Å²) in [4.78, 5) is 28.2. The summed E-state index contributed by atoms with van der Waals surface area (Å²) in [6.45, 7) is 13.0. The first-order chi connectivity index (χ1) is 44.0. The molecule has 1 aliphatic heterocycles. The number of fused-ring (bicyclic) bond motifs is 10. The monoisotopic (exact) mass is 1220 g/mol. The molecule has 0 saturated heterocycles. The van der Waals surface area contributed by atoms with Gasteiger partial charge in [0.25, 0.3) is 5.91 Å². The van der Waals surface area contributed by atoms with E-state index in [-0.39, 0.29) is 18.3 Å². The van der Waals surface area contributed by atoms with Crippen molar-refractivity contribution in [2.75, 3.05) is 19.0 Å². The van der Waals surface area contributed by atoms with Crippen LogP contribution < -0.4 is 24.3 Å². The van der Waals surface area contributed by atoms with E-state index >= 15 is 0 Å². The van der Waals surface area contributed by atoms with Crippen molar-refractivity contribution in [3.8, 4) is 56.4 Å². The topological polar surface area (TPSA) is 83.1 Å². The molecular weight excluding hydrogens is 1140 g/mol. The van der Waals surface area contributed by atoms with Crippen molar-refractivity contribution in [2.24, 2.45) is 5.92 Å². The van der Waals surface area contributed by atoms with Gasteiger partial charge in [0.15, 0.2) is 5.60 Å². The van der Waals surface area contributed by atoms with E-state index in [1.165, 1.54) is 69.1 Å². The maximum Gasteiger partial charge on any atom is 0.416 e. The summed E-state index contributed by atoms with van der Waals surface area (Å²) in [6.07, 6.45) is 14.6. The van der Waals surface area contributed by atoms with Crippen molar-refractivity contribution < 1.29 is 41.7 Å². The molecule has 12 rings (SSSR count). The van der Waals surface area contributed by atoms with Gasteiger partial charge in [0.2, 0.25) is 0 Å². The molecule has 2 aliphatic carbocycles. The zero-order valence-corrected chi connectivity index (χ0v) is 53.5. The second-order valence-electron chi connectivity index (χ2n) is 25.9. The van der Waals surface area contributed by atoms with Crippen molar-refractivity contribution in [2.45, 2.75) is 155 Å². The zero-order chi connectivity index (χ0) is 63.6. The first kappa shape index (κ1) is 62.6. The number of amides is 1. The van der Waals surface area contributed by atoms with Gasteiger partial charge in [-0.05, 0) is 190 Å². The van der Waals surface area contributed by atoms with E-state index < -0.39 is 22.8 Å². The number of methoxy groups -OCH3 is 1. The Morgan fingerprint density at radius 3 is 2.04 bits per heavy atom. The highest BCUT2D eigenvalue weighted by molar-refractivity contribution is 6.24. The van der Waals surface area contributed by atoms with Crippen molar-refractivity contribution in [3.63, 3.8) is 0 Å². The fourth-order valence-corrected chi connectivity index (χ4v) is 14.6. The van der Waals surface area contributed by atoms with Gasteiger partial charge < -0.3 is 24.3 Å². The highest BCUT2D eigenvalue weighted by atomic mass is 19.4. The van der Waals surface area contributed by atoms with Crippen LogP contribution in [0, 0.1) is 12.8 Å². The number of unbranched alkanes of at least 4 members (excludes halogenated alkanes) is 5. The van der Waals surface area contributed by atoms with E-state index in [1.54, 1.807) is 13.2 Å². The normalized spacial score (nSPS) is 17.3. The summed E-state index contributed by atoms with van der Waals surface area (Å²) in [5.41, 5.74) is 9.34. The minimum Gasteiger partial charge on any atom is -0.497 e. The number of ether oxygens (including phenoxy) is 4. The number of carbonyl (C=O) groups excluding carboxylic acids is 2. The van der Waals surface area contributed by atoms with Gasteiger partial charge in [-0.3, -0.25) is 9.59 Å². The molecule has 1 saturated carbocycles. The maximum absolute atomic E-state index is 14.8. The van der Waals surface area contributed by atoms with Crippen LogP contribution in [0.5, 0.6) is 23.0 Å². The fourth-order valence-electron chi connectivity index (χ4n) is 14.6. The third-order valence-electron chi connectivity index (χ3n) is 19.5. The van der Waals surface area contributed by atoms with E-state index in [0.717, 1.165) is 98.4 Å². The van der Waals surface area contributed by atoms with Crippen LogP contribution in [0.25, 0.3) is 61.0 Å². The first-order valence-corrected chi connectivity index (χ1v) is 32.9. The van der Waals surface area contributed by atoms with Crippen LogP contribution in [0.4, 0.5) is 18.9 Å². The Kier molecular flexibility index (Phi) is 18.1. The summed E-state index contributed by atoms with van der Waals surface area (Å²) in [5, 5.41) is 5.99. The molecule has 0 bridgehead atoms. The lowest BCUT2D eigenvalue weighted by molar-refractivity contribution is -0.137. The highest BCUT2D eigenvalue weighted by Crippen LogP contribution is 2.61. The Hall–Kier alpha value is -8.63. The molecule has 1 fully saturated rings. The SMILES string of the molecule is CCCCCC(=O)Oc1cccc2c1c(-c1ccc(NC(=O)c3ccc(-c4ccc(C5CCCC(CCCCC)C5)cc4)cc3)cc1C)cc1c3c(c4c(c12)OC(c1ccc(OC)cc1)(c1ccc(OCCCC)cc1)C=C4)C(C)(C)c1cc(C(F)(F)F)ccc1-3. The lowest BCUT2D eigenvalue weighted by Crippen LogP contribution is -2.35. The van der Waals surface area contributed by atoms with Gasteiger partial charge in [-0.2, -0.15) is 13.2 Å². The van der Waals surface area contributed by atoms with Gasteiger partial charge in [-0.25, -0.2) is 0 Å². The molecular formula is C81H82F3NO6. The summed E-state index contributed by atoms with van der Waals surface area (Å²) >= 11 is 0. The molecule has 9 aromatic rings. The van der Waals surface area contributed by atoms with Crippen LogP contribution in [0.15, 0.2) is 164 Å². The number of halogens is 3. The summed E-state index contributed by atoms with van der Waals surface area (Å²) in [5.74, 6) is 3.10. The number of alkyl halides is 3. The van der Waals surface area contributed by atoms with E-state index in [2.05, 4.69) is 68.6 Å². The lowest BCUT2D eigenvalue weighted by Gasteiger charge is -2.39. The molecule has 1 heterocycles. The Labute approximate surface area is 534 Å².